The number of nitrogens with zero attached hydrogens (tertiary/aromatic N) is 2. The molecule has 0 saturated heterocycles. The molecule has 2 atom stereocenters. The van der Waals surface area contributed by atoms with Crippen molar-refractivity contribution < 1.29 is 164 Å². The van der Waals surface area contributed by atoms with E-state index in [0.717, 1.165) is 5.65 Å². The van der Waals surface area contributed by atoms with Gasteiger partial charge in [-0.25, -0.2) is 17.8 Å². The van der Waals surface area contributed by atoms with Crippen LogP contribution in [0.1, 0.15) is 31.4 Å². The third-order valence-electron chi connectivity index (χ3n) is 4.25. The first-order valence-corrected chi connectivity index (χ1v) is 6.95. The molecule has 0 aromatic carbocycles. The average molecular weight is 696 g/mol. The van der Waals surface area contributed by atoms with Crippen LogP contribution in [-0.4, -0.2) is 14.4 Å². The number of H-pyrrole nitrogens is 1. The minimum absolute atomic E-state index is 0. The molecule has 3 heterocycles. The fourth-order valence-electron chi connectivity index (χ4n) is 3.26. The number of fused-ring (bicyclic) bond motifs is 3. The van der Waals surface area contributed by atoms with Crippen LogP contribution in [0.3, 0.4) is 0 Å². The molecule has 0 spiro atoms. The van der Waals surface area contributed by atoms with Crippen LogP contribution in [0.5, 0.6) is 0 Å². The summed E-state index contributed by atoms with van der Waals surface area (Å²) >= 11 is 0. The standard InChI is InChI=1S/C16H17N3.5Y/c1-11-4-2-3-5-13(11)14-7-6-12-10-18-16-15(19(12)14)8-9-17-16;;;;;/h4-11,13,17H,2-3H2,1H3;;;;;/q-2;;;;;. The van der Waals surface area contributed by atoms with Crippen molar-refractivity contribution in [3.63, 3.8) is 0 Å². The number of hydrogen-bond donors (Lipinski definition) is 1. The maximum absolute atomic E-state index is 4.45. The van der Waals surface area contributed by atoms with Gasteiger partial charge in [-0.3, -0.25) is 0 Å². The minimum atomic E-state index is 0. The molecule has 113 valence electrons. The summed E-state index contributed by atoms with van der Waals surface area (Å²) < 4.78 is 2.34. The third-order valence-corrected chi connectivity index (χ3v) is 4.25. The molecule has 24 heavy (non-hydrogen) atoms. The Kier molecular flexibility index (Phi) is 17.3. The van der Waals surface area contributed by atoms with E-state index in [0.29, 0.717) is 11.8 Å². The Morgan fingerprint density at radius 2 is 1.75 bits per heavy atom. The van der Waals surface area contributed by atoms with Crippen LogP contribution >= 0.6 is 0 Å². The molecule has 0 aliphatic heterocycles. The van der Waals surface area contributed by atoms with E-state index in [2.05, 4.69) is 52.3 Å². The van der Waals surface area contributed by atoms with Crippen LogP contribution in [0.15, 0.2) is 30.6 Å². The maximum Gasteiger partial charge on any atom is 0.154 e. The van der Waals surface area contributed by atoms with Crippen LogP contribution in [0.4, 0.5) is 0 Å². The summed E-state index contributed by atoms with van der Waals surface area (Å²) in [6, 6.07) is 6.53. The Hall–Kier alpha value is 3.75. The van der Waals surface area contributed by atoms with Gasteiger partial charge in [0, 0.05) is 170 Å². The normalized spacial score (nSPS) is 19.2. The van der Waals surface area contributed by atoms with Gasteiger partial charge >= 0.3 is 0 Å². The fourth-order valence-corrected chi connectivity index (χ4v) is 3.26. The molecular formula is C16H17N3Y5-2. The van der Waals surface area contributed by atoms with Crippen molar-refractivity contribution >= 4 is 16.7 Å². The van der Waals surface area contributed by atoms with Crippen LogP contribution in [-0.2, 0) is 164 Å². The fraction of sp³-hybridized carbons (Fsp3) is 0.312. The first kappa shape index (κ1) is 29.9. The molecular weight excluding hydrogens is 679 g/mol. The monoisotopic (exact) mass is 696 g/mol. The molecule has 1 saturated carbocycles. The number of nitrogens with one attached hydrogen (secondary N) is 1. The number of hydrogen-bond acceptors (Lipinski definition) is 1. The SMILES string of the molecule is CC1[CH-]CC[CH-]C1c1ccc2cnc3[nH]ccc3n12.[Y].[Y].[Y].[Y].[Y]. The van der Waals surface area contributed by atoms with Crippen molar-refractivity contribution in [3.05, 3.63) is 49.1 Å². The van der Waals surface area contributed by atoms with E-state index in [1.165, 1.54) is 29.6 Å². The van der Waals surface area contributed by atoms with Crippen molar-refractivity contribution in [2.24, 2.45) is 5.92 Å². The molecule has 1 N–H and O–H groups in total. The molecule has 3 aromatic heterocycles. The molecule has 3 aromatic rings. The Bertz CT molecular complexity index is 740. The van der Waals surface area contributed by atoms with Gasteiger partial charge < -0.3 is 22.2 Å². The molecule has 2 unspecified atom stereocenters. The largest absolute Gasteiger partial charge is 0.345 e. The van der Waals surface area contributed by atoms with Gasteiger partial charge in [0.25, 0.3) is 0 Å². The van der Waals surface area contributed by atoms with Crippen LogP contribution in [0, 0.1) is 18.8 Å². The molecule has 3 nitrogen and oxygen atoms in total. The Morgan fingerprint density at radius 3 is 2.46 bits per heavy atom. The molecule has 0 bridgehead atoms. The van der Waals surface area contributed by atoms with Gasteiger partial charge in [-0.05, 0) is 23.9 Å². The summed E-state index contributed by atoms with van der Waals surface area (Å²) in [6.07, 6.45) is 11.2. The second-order valence-electron chi connectivity index (χ2n) is 5.42. The Labute approximate surface area is 269 Å². The molecule has 1 fully saturated rings. The molecule has 4 rings (SSSR count). The quantitative estimate of drug-likeness (QED) is 0.388. The van der Waals surface area contributed by atoms with E-state index in [1.807, 2.05) is 12.4 Å². The number of aromatic nitrogens is 3. The van der Waals surface area contributed by atoms with Crippen molar-refractivity contribution in [2.45, 2.75) is 25.7 Å². The van der Waals surface area contributed by atoms with E-state index in [-0.39, 0.29) is 164 Å². The summed E-state index contributed by atoms with van der Waals surface area (Å²) in [6.45, 7) is 2.31. The Balaban J connectivity index is 0. The van der Waals surface area contributed by atoms with Crippen molar-refractivity contribution in [2.75, 3.05) is 0 Å². The van der Waals surface area contributed by atoms with Gasteiger partial charge in [0.15, 0.2) is 5.65 Å². The number of rotatable bonds is 1. The van der Waals surface area contributed by atoms with Crippen molar-refractivity contribution in [3.8, 4) is 0 Å². The van der Waals surface area contributed by atoms with Crippen molar-refractivity contribution in [1.82, 2.24) is 14.4 Å². The van der Waals surface area contributed by atoms with E-state index >= 15 is 0 Å². The predicted octanol–water partition coefficient (Wildman–Crippen LogP) is 3.73. The van der Waals surface area contributed by atoms with E-state index in [9.17, 15) is 0 Å². The van der Waals surface area contributed by atoms with Crippen molar-refractivity contribution in [1.29, 1.82) is 0 Å². The van der Waals surface area contributed by atoms with Gasteiger partial charge in [0.05, 0.1) is 17.2 Å². The maximum atomic E-state index is 4.45. The zero-order valence-corrected chi connectivity index (χ0v) is 28.1. The predicted molar refractivity (Wildman–Crippen MR) is 76.8 cm³/mol. The Morgan fingerprint density at radius 1 is 1.04 bits per heavy atom. The second-order valence-corrected chi connectivity index (χ2v) is 5.42. The minimum Gasteiger partial charge on any atom is -0.345 e. The zero-order chi connectivity index (χ0) is 12.8. The van der Waals surface area contributed by atoms with Crippen LogP contribution in [0.25, 0.3) is 16.7 Å². The molecule has 1 aliphatic rings. The van der Waals surface area contributed by atoms with Gasteiger partial charge in [-0.15, -0.1) is 0 Å². The van der Waals surface area contributed by atoms with Crippen LogP contribution in [0.2, 0.25) is 0 Å². The smallest absolute Gasteiger partial charge is 0.154 e. The molecule has 0 amide bonds. The van der Waals surface area contributed by atoms with Crippen LogP contribution < -0.4 is 0 Å². The molecule has 8 heteroatoms. The zero-order valence-electron chi connectivity index (χ0n) is 13.9. The van der Waals surface area contributed by atoms with Gasteiger partial charge in [0.2, 0.25) is 0 Å². The first-order valence-electron chi connectivity index (χ1n) is 6.95. The summed E-state index contributed by atoms with van der Waals surface area (Å²) in [5.74, 6) is 1.12. The second kappa shape index (κ2) is 13.9. The summed E-state index contributed by atoms with van der Waals surface area (Å²) in [7, 11) is 0. The molecule has 5 radical (unpaired) electrons. The summed E-state index contributed by atoms with van der Waals surface area (Å²) in [5, 5.41) is 0. The third kappa shape index (κ3) is 6.12. The average Bonchev–Trinajstić information content (AvgIpc) is 3.04. The van der Waals surface area contributed by atoms with Gasteiger partial charge in [-0.2, -0.15) is 11.8 Å². The topological polar surface area (TPSA) is 33.1 Å². The van der Waals surface area contributed by atoms with Gasteiger partial charge in [-0.1, -0.05) is 6.92 Å². The van der Waals surface area contributed by atoms with E-state index in [1.54, 1.807) is 0 Å². The molecule has 1 aliphatic carbocycles. The van der Waals surface area contributed by atoms with Gasteiger partial charge in [0.1, 0.15) is 0 Å². The van der Waals surface area contributed by atoms with E-state index < -0.39 is 0 Å². The number of aromatic amines is 1. The van der Waals surface area contributed by atoms with E-state index in [4.69, 9.17) is 0 Å². The summed E-state index contributed by atoms with van der Waals surface area (Å²) in [5.41, 5.74) is 4.68. The summed E-state index contributed by atoms with van der Waals surface area (Å²) in [4.78, 5) is 7.65. The first-order chi connectivity index (χ1) is 9.34.